The van der Waals surface area contributed by atoms with E-state index in [1.807, 2.05) is 0 Å². The topological polar surface area (TPSA) is 78.9 Å². The van der Waals surface area contributed by atoms with Crippen LogP contribution in [0.2, 0.25) is 0 Å². The molecule has 0 aliphatic carbocycles. The van der Waals surface area contributed by atoms with Crippen LogP contribution in [0.1, 0.15) is 233 Å². The average Bonchev–Trinajstić information content (AvgIpc) is 3.31. The van der Waals surface area contributed by atoms with Crippen molar-refractivity contribution in [3.05, 3.63) is 109 Å². The molecule has 0 aromatic heterocycles. The first kappa shape index (κ1) is 62.1. The third-order valence-corrected chi connectivity index (χ3v) is 11.0. The van der Waals surface area contributed by atoms with Crippen molar-refractivity contribution >= 4 is 17.9 Å². The lowest BCUT2D eigenvalue weighted by molar-refractivity contribution is -0.167. The van der Waals surface area contributed by atoms with Gasteiger partial charge in [-0.2, -0.15) is 0 Å². The molecule has 0 bridgehead atoms. The predicted octanol–water partition coefficient (Wildman–Crippen LogP) is 17.9. The summed E-state index contributed by atoms with van der Waals surface area (Å²) in [5.41, 5.74) is 0. The summed E-state index contributed by atoms with van der Waals surface area (Å²) in [6.45, 7) is 6.40. The Kier molecular flexibility index (Phi) is 50.5. The molecular formula is C60H98O6. The summed E-state index contributed by atoms with van der Waals surface area (Å²) in [5.74, 6) is -1.01. The predicted molar refractivity (Wildman–Crippen MR) is 283 cm³/mol. The lowest BCUT2D eigenvalue weighted by atomic mass is 10.1. The van der Waals surface area contributed by atoms with Crippen molar-refractivity contribution in [3.8, 4) is 0 Å². The van der Waals surface area contributed by atoms with Gasteiger partial charge in [-0.1, -0.05) is 201 Å². The summed E-state index contributed by atoms with van der Waals surface area (Å²) >= 11 is 0. The highest BCUT2D eigenvalue weighted by atomic mass is 16.6. The first-order valence-electron chi connectivity index (χ1n) is 26.9. The molecule has 0 aliphatic rings. The molecule has 0 heterocycles. The van der Waals surface area contributed by atoms with Crippen molar-refractivity contribution in [1.29, 1.82) is 0 Å². The monoisotopic (exact) mass is 915 g/mol. The van der Waals surface area contributed by atoms with Crippen LogP contribution in [0.5, 0.6) is 0 Å². The summed E-state index contributed by atoms with van der Waals surface area (Å²) in [6, 6.07) is 0. The molecule has 6 heteroatoms. The molecule has 374 valence electrons. The smallest absolute Gasteiger partial charge is 0.306 e. The molecule has 0 aromatic carbocycles. The van der Waals surface area contributed by atoms with E-state index in [4.69, 9.17) is 14.2 Å². The van der Waals surface area contributed by atoms with Crippen molar-refractivity contribution in [1.82, 2.24) is 0 Å². The van der Waals surface area contributed by atoms with E-state index in [0.29, 0.717) is 19.3 Å². The summed E-state index contributed by atoms with van der Waals surface area (Å²) in [5, 5.41) is 0. The van der Waals surface area contributed by atoms with Crippen LogP contribution in [0.3, 0.4) is 0 Å². The van der Waals surface area contributed by atoms with Crippen molar-refractivity contribution in [2.45, 2.75) is 239 Å². The Labute approximate surface area is 406 Å². The molecule has 0 aliphatic heterocycles. The molecule has 0 spiro atoms. The minimum absolute atomic E-state index is 0.112. The third-order valence-electron chi connectivity index (χ3n) is 11.0. The van der Waals surface area contributed by atoms with Crippen molar-refractivity contribution in [2.75, 3.05) is 13.2 Å². The maximum Gasteiger partial charge on any atom is 0.306 e. The molecule has 0 aromatic rings. The largest absolute Gasteiger partial charge is 0.462 e. The third kappa shape index (κ3) is 51.1. The van der Waals surface area contributed by atoms with E-state index in [-0.39, 0.29) is 44.0 Å². The standard InChI is InChI=1S/C60H98O6/c1-4-7-10-13-16-19-22-25-28-30-33-35-38-41-44-47-50-53-59(62)65-56-57(55-64-58(61)52-49-46-43-40-37-34-31-27-24-21-18-15-12-9-6-3)66-60(63)54-51-48-45-42-39-36-32-29-26-23-20-17-14-11-8-5-2/h8,11,16-17,19-21,24-26,28-29,33,35-36,39,41,44,57H,4-7,9-10,12-15,18,22-23,27,30-32,34,37-38,40,42-43,45-56H2,1-3H3/b11-8-,19-16-,20-17-,24-21-,28-25-,29-26-,35-33-,39-36-,44-41-. The molecular weight excluding hydrogens is 817 g/mol. The van der Waals surface area contributed by atoms with Gasteiger partial charge in [0.25, 0.3) is 0 Å². The van der Waals surface area contributed by atoms with Crippen molar-refractivity contribution < 1.29 is 28.6 Å². The normalized spacial score (nSPS) is 13.0. The lowest BCUT2D eigenvalue weighted by Crippen LogP contribution is -2.30. The Morgan fingerprint density at radius 3 is 1.05 bits per heavy atom. The molecule has 0 saturated heterocycles. The first-order valence-corrected chi connectivity index (χ1v) is 26.9. The fourth-order valence-corrected chi connectivity index (χ4v) is 6.95. The number of hydrogen-bond acceptors (Lipinski definition) is 6. The van der Waals surface area contributed by atoms with E-state index < -0.39 is 6.10 Å². The molecule has 0 radical (unpaired) electrons. The fourth-order valence-electron chi connectivity index (χ4n) is 6.95. The highest BCUT2D eigenvalue weighted by Gasteiger charge is 2.19. The molecule has 1 atom stereocenters. The second-order valence-electron chi connectivity index (χ2n) is 17.4. The van der Waals surface area contributed by atoms with Crippen molar-refractivity contribution in [2.24, 2.45) is 0 Å². The van der Waals surface area contributed by atoms with E-state index in [1.54, 1.807) is 0 Å². The van der Waals surface area contributed by atoms with Crippen LogP contribution in [-0.2, 0) is 28.6 Å². The van der Waals surface area contributed by atoms with E-state index in [1.165, 1.54) is 89.9 Å². The van der Waals surface area contributed by atoms with Crippen LogP contribution in [-0.4, -0.2) is 37.2 Å². The van der Waals surface area contributed by atoms with Gasteiger partial charge in [-0.3, -0.25) is 14.4 Å². The Bertz CT molecular complexity index is 1370. The maximum absolute atomic E-state index is 12.8. The molecule has 0 rings (SSSR count). The second-order valence-corrected chi connectivity index (χ2v) is 17.4. The molecule has 6 nitrogen and oxygen atoms in total. The van der Waals surface area contributed by atoms with E-state index in [0.717, 1.165) is 89.9 Å². The summed E-state index contributed by atoms with van der Waals surface area (Å²) in [6.07, 6.45) is 72.2. The van der Waals surface area contributed by atoms with Crippen LogP contribution in [0.4, 0.5) is 0 Å². The van der Waals surface area contributed by atoms with Gasteiger partial charge in [0.1, 0.15) is 13.2 Å². The summed E-state index contributed by atoms with van der Waals surface area (Å²) in [7, 11) is 0. The van der Waals surface area contributed by atoms with Gasteiger partial charge in [-0.15, -0.1) is 0 Å². The van der Waals surface area contributed by atoms with Gasteiger partial charge in [0, 0.05) is 19.3 Å². The average molecular weight is 915 g/mol. The Balaban J connectivity index is 4.55. The van der Waals surface area contributed by atoms with Crippen LogP contribution in [0, 0.1) is 0 Å². The van der Waals surface area contributed by atoms with Gasteiger partial charge in [-0.25, -0.2) is 0 Å². The molecule has 0 saturated carbocycles. The van der Waals surface area contributed by atoms with E-state index in [2.05, 4.69) is 130 Å². The van der Waals surface area contributed by atoms with Gasteiger partial charge < -0.3 is 14.2 Å². The molecule has 1 unspecified atom stereocenters. The second kappa shape index (κ2) is 53.7. The number of carbonyl (C=O) groups is 3. The van der Waals surface area contributed by atoms with Crippen molar-refractivity contribution in [3.63, 3.8) is 0 Å². The molecule has 0 N–H and O–H groups in total. The minimum atomic E-state index is -0.820. The summed E-state index contributed by atoms with van der Waals surface area (Å²) in [4.78, 5) is 38.0. The van der Waals surface area contributed by atoms with Gasteiger partial charge in [-0.05, 0) is 122 Å². The maximum atomic E-state index is 12.8. The number of hydrogen-bond donors (Lipinski definition) is 0. The first-order chi connectivity index (χ1) is 32.5. The highest BCUT2D eigenvalue weighted by Crippen LogP contribution is 2.13. The molecule has 66 heavy (non-hydrogen) atoms. The number of esters is 3. The zero-order valence-corrected chi connectivity index (χ0v) is 42.7. The molecule has 0 fully saturated rings. The van der Waals surface area contributed by atoms with Crippen LogP contribution in [0.15, 0.2) is 109 Å². The van der Waals surface area contributed by atoms with Crippen LogP contribution >= 0.6 is 0 Å². The summed E-state index contributed by atoms with van der Waals surface area (Å²) < 4.78 is 16.7. The Morgan fingerprint density at radius 2 is 0.606 bits per heavy atom. The highest BCUT2D eigenvalue weighted by molar-refractivity contribution is 5.71. The van der Waals surface area contributed by atoms with Gasteiger partial charge in [0.15, 0.2) is 6.10 Å². The lowest BCUT2D eigenvalue weighted by Gasteiger charge is -2.18. The van der Waals surface area contributed by atoms with Gasteiger partial charge >= 0.3 is 17.9 Å². The zero-order valence-electron chi connectivity index (χ0n) is 42.7. The number of carbonyl (C=O) groups excluding carboxylic acids is 3. The van der Waals surface area contributed by atoms with Crippen LogP contribution < -0.4 is 0 Å². The van der Waals surface area contributed by atoms with Crippen LogP contribution in [0.25, 0.3) is 0 Å². The number of allylic oxidation sites excluding steroid dienone is 18. The zero-order chi connectivity index (χ0) is 47.9. The van der Waals surface area contributed by atoms with E-state index in [9.17, 15) is 14.4 Å². The van der Waals surface area contributed by atoms with E-state index >= 15 is 0 Å². The quantitative estimate of drug-likeness (QED) is 0.0262. The number of unbranched alkanes of at least 4 members (excludes halogenated alkanes) is 18. The fraction of sp³-hybridized carbons (Fsp3) is 0.650. The number of ether oxygens (including phenoxy) is 3. The SMILES string of the molecule is CC/C=C\C/C=C\C/C=C\C/C=C\CCCCCC(=O)OC(COC(=O)CCC/C=C\C/C=C\C/C=C\C/C=C\CCCCC)COC(=O)CCCCCCCCC/C=C\CCCCCC. The van der Waals surface area contributed by atoms with Gasteiger partial charge in [0.05, 0.1) is 0 Å². The van der Waals surface area contributed by atoms with Gasteiger partial charge in [0.2, 0.25) is 0 Å². The molecule has 0 amide bonds. The Hall–Kier alpha value is -3.93. The number of rotatable bonds is 47. The minimum Gasteiger partial charge on any atom is -0.462 e. The Morgan fingerprint density at radius 1 is 0.318 bits per heavy atom.